The molecule has 17 heavy (non-hydrogen) atoms. The second kappa shape index (κ2) is 6.77. The number of hydrogen-bond acceptors (Lipinski definition) is 5. The van der Waals surface area contributed by atoms with Crippen LogP contribution in [0.3, 0.4) is 0 Å². The summed E-state index contributed by atoms with van der Waals surface area (Å²) in [6.45, 7) is 0.815. The summed E-state index contributed by atoms with van der Waals surface area (Å²) in [5.74, 6) is -1.20. The van der Waals surface area contributed by atoms with Gasteiger partial charge in [-0.1, -0.05) is 0 Å². The Hall–Kier alpha value is -1.73. The molecule has 0 saturated heterocycles. The van der Waals surface area contributed by atoms with Gasteiger partial charge in [0.2, 0.25) is 5.91 Å². The van der Waals surface area contributed by atoms with Gasteiger partial charge in [-0.05, 0) is 0 Å². The van der Waals surface area contributed by atoms with E-state index in [4.69, 9.17) is 15.2 Å². The lowest BCUT2D eigenvalue weighted by atomic mass is 10.5. The summed E-state index contributed by atoms with van der Waals surface area (Å²) in [7, 11) is 0. The van der Waals surface area contributed by atoms with Crippen LogP contribution in [0.4, 0.5) is 0 Å². The zero-order valence-electron chi connectivity index (χ0n) is 9.26. The van der Waals surface area contributed by atoms with E-state index in [1.165, 1.54) is 12.2 Å². The number of amides is 3. The third kappa shape index (κ3) is 4.75. The van der Waals surface area contributed by atoms with Gasteiger partial charge in [-0.3, -0.25) is 19.3 Å². The zero-order chi connectivity index (χ0) is 12.7. The van der Waals surface area contributed by atoms with Crippen LogP contribution in [-0.4, -0.2) is 55.6 Å². The molecule has 7 heteroatoms. The third-order valence-electron chi connectivity index (χ3n) is 1.98. The Bertz CT molecular complexity index is 322. The lowest BCUT2D eigenvalue weighted by molar-refractivity contribution is -0.137. The predicted molar refractivity (Wildman–Crippen MR) is 56.7 cm³/mol. The third-order valence-corrected chi connectivity index (χ3v) is 1.98. The molecule has 1 aliphatic heterocycles. The largest absolute Gasteiger partial charge is 0.377 e. The number of nitrogens with zero attached hydrogens (tertiary/aromatic N) is 1. The van der Waals surface area contributed by atoms with Crippen LogP contribution in [0.15, 0.2) is 12.2 Å². The Morgan fingerprint density at radius 2 is 1.71 bits per heavy atom. The van der Waals surface area contributed by atoms with Crippen LogP contribution in [0.5, 0.6) is 0 Å². The van der Waals surface area contributed by atoms with Crippen LogP contribution in [0, 0.1) is 0 Å². The lowest BCUT2D eigenvalue weighted by Crippen LogP contribution is -2.33. The molecule has 0 atom stereocenters. The normalized spacial score (nSPS) is 14.7. The molecule has 0 spiro atoms. The first kappa shape index (κ1) is 13.3. The highest BCUT2D eigenvalue weighted by Gasteiger charge is 2.22. The molecule has 94 valence electrons. The standard InChI is InChI=1S/C10H14N2O5/c11-8(13)7-17-6-5-16-4-3-12-9(14)1-2-10(12)15/h1-2H,3-7H2,(H2,11,13). The summed E-state index contributed by atoms with van der Waals surface area (Å²) in [6.07, 6.45) is 2.44. The Balaban J connectivity index is 1.99. The lowest BCUT2D eigenvalue weighted by Gasteiger charge is -2.13. The molecule has 0 fully saturated rings. The Labute approximate surface area is 98.1 Å². The van der Waals surface area contributed by atoms with E-state index >= 15 is 0 Å². The molecule has 1 heterocycles. The molecule has 2 N–H and O–H groups in total. The summed E-state index contributed by atoms with van der Waals surface area (Å²) in [5.41, 5.74) is 4.85. The number of carbonyl (C=O) groups excluding carboxylic acids is 3. The minimum Gasteiger partial charge on any atom is -0.377 e. The van der Waals surface area contributed by atoms with Crippen LogP contribution in [0.25, 0.3) is 0 Å². The minimum absolute atomic E-state index is 0.142. The number of hydrogen-bond donors (Lipinski definition) is 1. The van der Waals surface area contributed by atoms with E-state index in [1.54, 1.807) is 0 Å². The van der Waals surface area contributed by atoms with Crippen molar-refractivity contribution in [1.82, 2.24) is 4.90 Å². The highest BCUT2D eigenvalue weighted by molar-refractivity contribution is 6.12. The molecule has 0 aromatic rings. The summed E-state index contributed by atoms with van der Waals surface area (Å²) >= 11 is 0. The molecule has 7 nitrogen and oxygen atoms in total. The molecule has 0 aromatic heterocycles. The SMILES string of the molecule is NC(=O)COCCOCCN1C(=O)C=CC1=O. The smallest absolute Gasteiger partial charge is 0.253 e. The van der Waals surface area contributed by atoms with Crippen molar-refractivity contribution < 1.29 is 23.9 Å². The topological polar surface area (TPSA) is 98.9 Å². The van der Waals surface area contributed by atoms with Gasteiger partial charge in [-0.15, -0.1) is 0 Å². The van der Waals surface area contributed by atoms with Gasteiger partial charge in [-0.25, -0.2) is 0 Å². The van der Waals surface area contributed by atoms with Crippen molar-refractivity contribution in [3.8, 4) is 0 Å². The fraction of sp³-hybridized carbons (Fsp3) is 0.500. The average molecular weight is 242 g/mol. The number of carbonyl (C=O) groups is 3. The molecule has 3 amide bonds. The summed E-state index contributed by atoms with van der Waals surface area (Å²) in [6, 6.07) is 0. The van der Waals surface area contributed by atoms with E-state index < -0.39 is 5.91 Å². The van der Waals surface area contributed by atoms with Crippen molar-refractivity contribution in [2.75, 3.05) is 33.0 Å². The second-order valence-corrected chi connectivity index (χ2v) is 3.29. The average Bonchev–Trinajstić information content (AvgIpc) is 2.58. The van der Waals surface area contributed by atoms with Crippen molar-refractivity contribution in [3.05, 3.63) is 12.2 Å². The van der Waals surface area contributed by atoms with Crippen molar-refractivity contribution in [3.63, 3.8) is 0 Å². The summed E-state index contributed by atoms with van der Waals surface area (Å²) in [4.78, 5) is 33.6. The van der Waals surface area contributed by atoms with Gasteiger partial charge in [0.05, 0.1) is 26.4 Å². The first-order valence-electron chi connectivity index (χ1n) is 5.08. The molecule has 0 bridgehead atoms. The minimum atomic E-state index is -0.538. The van der Waals surface area contributed by atoms with E-state index in [0.717, 1.165) is 4.90 Å². The Morgan fingerprint density at radius 1 is 1.12 bits per heavy atom. The summed E-state index contributed by atoms with van der Waals surface area (Å²) in [5, 5.41) is 0. The maximum absolute atomic E-state index is 11.1. The number of primary amides is 1. The van der Waals surface area contributed by atoms with Gasteiger partial charge in [0.15, 0.2) is 0 Å². The highest BCUT2D eigenvalue weighted by atomic mass is 16.5. The van der Waals surface area contributed by atoms with E-state index in [0.29, 0.717) is 0 Å². The predicted octanol–water partition coefficient (Wildman–Crippen LogP) is -1.57. The van der Waals surface area contributed by atoms with Gasteiger partial charge >= 0.3 is 0 Å². The molecule has 0 radical (unpaired) electrons. The zero-order valence-corrected chi connectivity index (χ0v) is 9.26. The van der Waals surface area contributed by atoms with Crippen LogP contribution in [-0.2, 0) is 23.9 Å². The molecule has 0 unspecified atom stereocenters. The monoisotopic (exact) mass is 242 g/mol. The van der Waals surface area contributed by atoms with Gasteiger partial charge in [0.25, 0.3) is 11.8 Å². The molecule has 0 aromatic carbocycles. The first-order chi connectivity index (χ1) is 8.11. The molecule has 0 saturated carbocycles. The van der Waals surface area contributed by atoms with Crippen LogP contribution in [0.2, 0.25) is 0 Å². The Kier molecular flexibility index (Phi) is 5.31. The van der Waals surface area contributed by atoms with Gasteiger partial charge < -0.3 is 15.2 Å². The highest BCUT2D eigenvalue weighted by Crippen LogP contribution is 2.02. The molecular weight excluding hydrogens is 228 g/mol. The molecule has 1 aliphatic rings. The quantitative estimate of drug-likeness (QED) is 0.409. The molecule has 0 aliphatic carbocycles. The van der Waals surface area contributed by atoms with E-state index in [1.807, 2.05) is 0 Å². The molecule has 1 rings (SSSR count). The molecular formula is C10H14N2O5. The fourth-order valence-electron chi connectivity index (χ4n) is 1.20. The van der Waals surface area contributed by atoms with Gasteiger partial charge in [0, 0.05) is 12.2 Å². The number of imide groups is 1. The van der Waals surface area contributed by atoms with E-state index in [-0.39, 0.29) is 44.8 Å². The summed E-state index contributed by atoms with van der Waals surface area (Å²) < 4.78 is 9.97. The van der Waals surface area contributed by atoms with E-state index in [2.05, 4.69) is 0 Å². The maximum atomic E-state index is 11.1. The number of ether oxygens (including phenoxy) is 2. The van der Waals surface area contributed by atoms with Crippen molar-refractivity contribution in [1.29, 1.82) is 0 Å². The number of rotatable bonds is 8. The van der Waals surface area contributed by atoms with Crippen LogP contribution < -0.4 is 5.73 Å². The van der Waals surface area contributed by atoms with Crippen molar-refractivity contribution >= 4 is 17.7 Å². The number of nitrogens with two attached hydrogens (primary N) is 1. The fourth-order valence-corrected chi connectivity index (χ4v) is 1.20. The maximum Gasteiger partial charge on any atom is 0.253 e. The van der Waals surface area contributed by atoms with Crippen LogP contribution >= 0.6 is 0 Å². The van der Waals surface area contributed by atoms with Crippen molar-refractivity contribution in [2.24, 2.45) is 5.73 Å². The van der Waals surface area contributed by atoms with Gasteiger partial charge in [0.1, 0.15) is 6.61 Å². The Morgan fingerprint density at radius 3 is 2.29 bits per heavy atom. The first-order valence-corrected chi connectivity index (χ1v) is 5.08. The van der Waals surface area contributed by atoms with Gasteiger partial charge in [-0.2, -0.15) is 0 Å². The van der Waals surface area contributed by atoms with Crippen molar-refractivity contribution in [2.45, 2.75) is 0 Å². The second-order valence-electron chi connectivity index (χ2n) is 3.29. The van der Waals surface area contributed by atoms with Crippen LogP contribution in [0.1, 0.15) is 0 Å². The van der Waals surface area contributed by atoms with E-state index in [9.17, 15) is 14.4 Å².